The molecule has 0 N–H and O–H groups in total. The van der Waals surface area contributed by atoms with Crippen LogP contribution in [0.15, 0.2) is 198 Å². The van der Waals surface area contributed by atoms with Gasteiger partial charge in [-0.15, -0.1) is 0 Å². The van der Waals surface area contributed by atoms with Crippen molar-refractivity contribution >= 4 is 43.7 Å². The fourth-order valence-corrected chi connectivity index (χ4v) is 7.77. The molecule has 262 valence electrons. The normalized spacial score (nSPS) is 12.8. The predicted octanol–water partition coefficient (Wildman–Crippen LogP) is 13.2. The van der Waals surface area contributed by atoms with Gasteiger partial charge in [0.15, 0.2) is 17.5 Å². The number of hydrogen-bond donors (Lipinski definition) is 0. The molecule has 8 aromatic carbocycles. The van der Waals surface area contributed by atoms with Gasteiger partial charge in [0, 0.05) is 43.9 Å². The van der Waals surface area contributed by atoms with Gasteiger partial charge in [0.2, 0.25) is 0 Å². The van der Waals surface area contributed by atoms with Crippen LogP contribution in [0, 0.1) is 0 Å². The van der Waals surface area contributed by atoms with E-state index >= 15 is 0 Å². The molecule has 3 aromatic heterocycles. The third kappa shape index (κ3) is 5.29. The molecule has 0 aliphatic carbocycles. The van der Waals surface area contributed by atoms with E-state index in [9.17, 15) is 0 Å². The van der Waals surface area contributed by atoms with E-state index in [1.54, 1.807) is 6.07 Å². The van der Waals surface area contributed by atoms with Gasteiger partial charge in [-0.1, -0.05) is 164 Å². The molecule has 0 fully saturated rings. The molecular weight excluding hydrogens is 685 g/mol. The maximum Gasteiger partial charge on any atom is 0.167 e. The van der Waals surface area contributed by atoms with Gasteiger partial charge in [0.1, 0.15) is 11.2 Å². The minimum Gasteiger partial charge on any atom is -0.455 e. The number of benzene rings is 8. The molecule has 0 saturated heterocycles. The third-order valence-electron chi connectivity index (χ3n) is 10.3. The molecule has 0 radical (unpaired) electrons. The van der Waals surface area contributed by atoms with Crippen LogP contribution >= 0.6 is 0 Å². The highest BCUT2D eigenvalue weighted by Crippen LogP contribution is 2.43. The van der Waals surface area contributed by atoms with E-state index in [4.69, 9.17) is 26.2 Å². The zero-order valence-electron chi connectivity index (χ0n) is 34.8. The van der Waals surface area contributed by atoms with Crippen molar-refractivity contribution < 1.29 is 11.3 Å². The van der Waals surface area contributed by atoms with E-state index in [0.717, 1.165) is 55.1 Å². The second-order valence-corrected chi connectivity index (χ2v) is 13.6. The monoisotopic (exact) mass is 721 g/mol. The molecule has 11 rings (SSSR count). The summed E-state index contributed by atoms with van der Waals surface area (Å²) in [5.74, 6) is 1.34. The van der Waals surface area contributed by atoms with E-state index in [-0.39, 0.29) is 17.6 Å². The molecule has 11 aromatic rings. The molecule has 0 unspecified atom stereocenters. The zero-order valence-corrected chi connectivity index (χ0v) is 29.8. The molecule has 0 spiro atoms. The summed E-state index contributed by atoms with van der Waals surface area (Å²) in [6.07, 6.45) is 0. The highest BCUT2D eigenvalue weighted by atomic mass is 16.3. The first-order valence-corrected chi connectivity index (χ1v) is 18.4. The molecule has 56 heavy (non-hydrogen) atoms. The van der Waals surface area contributed by atoms with Crippen molar-refractivity contribution in [2.24, 2.45) is 0 Å². The van der Waals surface area contributed by atoms with Crippen LogP contribution in [-0.4, -0.2) is 19.5 Å². The summed E-state index contributed by atoms with van der Waals surface area (Å²) in [6, 6.07) is 52.5. The summed E-state index contributed by atoms with van der Waals surface area (Å²) in [5.41, 5.74) is 8.48. The number of furan rings is 1. The van der Waals surface area contributed by atoms with Crippen molar-refractivity contribution in [1.82, 2.24) is 19.5 Å². The van der Waals surface area contributed by atoms with Crippen molar-refractivity contribution in [2.75, 3.05) is 0 Å². The lowest BCUT2D eigenvalue weighted by Gasteiger charge is -2.13. The van der Waals surface area contributed by atoms with Gasteiger partial charge in [0.25, 0.3) is 0 Å². The van der Waals surface area contributed by atoms with Crippen LogP contribution in [0.4, 0.5) is 0 Å². The summed E-state index contributed by atoms with van der Waals surface area (Å²) in [5, 5.41) is 3.66. The Morgan fingerprint density at radius 2 is 0.946 bits per heavy atom. The predicted molar refractivity (Wildman–Crippen MR) is 229 cm³/mol. The number of para-hydroxylation sites is 3. The Hall–Kier alpha value is -7.63. The Kier molecular flexibility index (Phi) is 6.29. The molecule has 0 atom stereocenters. The molecule has 5 nitrogen and oxygen atoms in total. The van der Waals surface area contributed by atoms with Crippen LogP contribution in [0.1, 0.15) is 6.85 Å². The molecule has 0 aliphatic heterocycles. The number of fused-ring (bicyclic) bond motifs is 6. The van der Waals surface area contributed by atoms with Gasteiger partial charge in [0.05, 0.1) is 23.5 Å². The first kappa shape index (κ1) is 27.0. The zero-order chi connectivity index (χ0) is 41.4. The number of rotatable bonds is 6. The molecule has 0 amide bonds. The Balaban J connectivity index is 1.24. The van der Waals surface area contributed by atoms with Crippen molar-refractivity contribution in [2.45, 2.75) is 0 Å². The highest BCUT2D eigenvalue weighted by molar-refractivity contribution is 6.15. The smallest absolute Gasteiger partial charge is 0.167 e. The number of nitrogens with zero attached hydrogens (tertiary/aromatic N) is 4. The lowest BCUT2D eigenvalue weighted by molar-refractivity contribution is 0.670. The molecule has 0 saturated carbocycles. The third-order valence-corrected chi connectivity index (χ3v) is 10.3. The maximum atomic E-state index is 8.88. The van der Waals surface area contributed by atoms with Gasteiger partial charge in [-0.05, 0) is 47.0 Å². The van der Waals surface area contributed by atoms with Crippen molar-refractivity contribution in [3.05, 3.63) is 194 Å². The molecule has 3 heterocycles. The summed E-state index contributed by atoms with van der Waals surface area (Å²) < 4.78 is 52.1. The summed E-state index contributed by atoms with van der Waals surface area (Å²) >= 11 is 0. The van der Waals surface area contributed by atoms with Crippen molar-refractivity contribution in [3.63, 3.8) is 0 Å². The fourth-order valence-electron chi connectivity index (χ4n) is 7.77. The minimum absolute atomic E-state index is 0.0620. The SMILES string of the molecule is [2H]c1c([2H])c([2H])c(-c2cccc3c2oc2c(-c4nc(-c5ccccc5)nc(-c5cccc(-c6ccccc6)c5)n4)cc(-n4c5ccccc5c5ccccc54)cc23)c([2H])c1[2H]. The van der Waals surface area contributed by atoms with Crippen LogP contribution in [0.2, 0.25) is 0 Å². The van der Waals surface area contributed by atoms with Crippen LogP contribution in [0.25, 0.3) is 106 Å². The van der Waals surface area contributed by atoms with Crippen molar-refractivity contribution in [1.29, 1.82) is 0 Å². The Bertz CT molecular complexity index is 3470. The van der Waals surface area contributed by atoms with Crippen LogP contribution in [0.5, 0.6) is 0 Å². The molecule has 0 aliphatic rings. The first-order chi connectivity index (χ1) is 29.8. The van der Waals surface area contributed by atoms with E-state index in [1.807, 2.05) is 103 Å². The van der Waals surface area contributed by atoms with Gasteiger partial charge < -0.3 is 8.98 Å². The molecule has 5 heteroatoms. The summed E-state index contributed by atoms with van der Waals surface area (Å²) in [7, 11) is 0. The number of hydrogen-bond acceptors (Lipinski definition) is 4. The Morgan fingerprint density at radius 3 is 1.68 bits per heavy atom. The van der Waals surface area contributed by atoms with Crippen LogP contribution in [-0.2, 0) is 0 Å². The second-order valence-electron chi connectivity index (χ2n) is 13.6. The molecular formula is C51H32N4O. The second kappa shape index (κ2) is 13.0. The minimum atomic E-state index is -0.456. The van der Waals surface area contributed by atoms with Gasteiger partial charge in [-0.3, -0.25) is 0 Å². The van der Waals surface area contributed by atoms with E-state index in [1.165, 1.54) is 0 Å². The average Bonchev–Trinajstić information content (AvgIpc) is 3.87. The highest BCUT2D eigenvalue weighted by Gasteiger charge is 2.23. The van der Waals surface area contributed by atoms with Gasteiger partial charge >= 0.3 is 0 Å². The van der Waals surface area contributed by atoms with E-state index < -0.39 is 18.1 Å². The first-order valence-electron chi connectivity index (χ1n) is 20.9. The van der Waals surface area contributed by atoms with Crippen molar-refractivity contribution in [3.8, 4) is 62.1 Å². The topological polar surface area (TPSA) is 56.7 Å². The summed E-state index contributed by atoms with van der Waals surface area (Å²) in [4.78, 5) is 15.4. The van der Waals surface area contributed by atoms with Crippen LogP contribution < -0.4 is 0 Å². The number of aromatic nitrogens is 4. The lowest BCUT2D eigenvalue weighted by Crippen LogP contribution is -2.01. The molecule has 0 bridgehead atoms. The van der Waals surface area contributed by atoms with Gasteiger partial charge in [-0.25, -0.2) is 15.0 Å². The van der Waals surface area contributed by atoms with Crippen LogP contribution in [0.3, 0.4) is 0 Å². The average molecular weight is 722 g/mol. The Labute approximate surface area is 329 Å². The standard InChI is InChI=1S/C51H32N4O/c1-4-16-33(17-5-1)36-22-14-23-37(30-36)50-52-49(35-20-8-3-9-21-35)53-51(54-50)44-32-38(55-45-28-12-10-24-40(45)41-25-11-13-29-46(41)55)31-43-42-27-15-26-39(47(42)56-48(43)44)34-18-6-2-7-19-34/h1-32H/i2D,6D,7D,18D,19D. The van der Waals surface area contributed by atoms with E-state index in [0.29, 0.717) is 45.2 Å². The quantitative estimate of drug-likeness (QED) is 0.172. The largest absolute Gasteiger partial charge is 0.455 e. The maximum absolute atomic E-state index is 8.88. The Morgan fingerprint density at radius 1 is 0.393 bits per heavy atom. The van der Waals surface area contributed by atoms with E-state index in [2.05, 4.69) is 59.2 Å². The fraction of sp³-hybridized carbons (Fsp3) is 0. The van der Waals surface area contributed by atoms with Gasteiger partial charge in [-0.2, -0.15) is 0 Å². The lowest BCUT2D eigenvalue weighted by atomic mass is 10.0. The summed E-state index contributed by atoms with van der Waals surface area (Å²) in [6.45, 7) is 0.